The van der Waals surface area contributed by atoms with Gasteiger partial charge in [-0.15, -0.1) is 0 Å². The molecule has 3 heteroatoms. The van der Waals surface area contributed by atoms with Crippen LogP contribution in [-0.4, -0.2) is 12.6 Å². The van der Waals surface area contributed by atoms with E-state index >= 15 is 0 Å². The Kier molecular flexibility index (Phi) is 3.55. The summed E-state index contributed by atoms with van der Waals surface area (Å²) in [6, 6.07) is 8.53. The summed E-state index contributed by atoms with van der Waals surface area (Å²) < 4.78 is 5.98. The van der Waals surface area contributed by atoms with Gasteiger partial charge in [-0.25, -0.2) is 0 Å². The van der Waals surface area contributed by atoms with E-state index in [4.69, 9.17) is 16.0 Å². The summed E-state index contributed by atoms with van der Waals surface area (Å²) >= 11 is 6.02. The van der Waals surface area contributed by atoms with Gasteiger partial charge in [-0.2, -0.15) is 0 Å². The van der Waals surface area contributed by atoms with Gasteiger partial charge >= 0.3 is 0 Å². The van der Waals surface area contributed by atoms with E-state index in [1.54, 1.807) is 0 Å². The fraction of sp³-hybridized carbons (Fsp3) is 0.500. The van der Waals surface area contributed by atoms with E-state index in [1.807, 2.05) is 18.2 Å². The molecule has 1 aromatic heterocycles. The predicted molar refractivity (Wildman–Crippen MR) is 79.8 cm³/mol. The van der Waals surface area contributed by atoms with Crippen LogP contribution < -0.4 is 5.32 Å². The highest BCUT2D eigenvalue weighted by molar-refractivity contribution is 6.31. The Hall–Kier alpha value is -0.990. The molecular weight excluding hydrogens is 258 g/mol. The molecular formula is C16H20ClNO. The Morgan fingerprint density at radius 1 is 1.32 bits per heavy atom. The smallest absolute Gasteiger partial charge is 0.134 e. The zero-order chi connectivity index (χ0) is 13.4. The molecule has 2 atom stereocenters. The zero-order valence-corrected chi connectivity index (χ0v) is 12.2. The van der Waals surface area contributed by atoms with Crippen LogP contribution >= 0.6 is 11.6 Å². The summed E-state index contributed by atoms with van der Waals surface area (Å²) in [5.74, 6) is 2.40. The number of hydrogen-bond acceptors (Lipinski definition) is 2. The van der Waals surface area contributed by atoms with Gasteiger partial charge in [-0.3, -0.25) is 0 Å². The average Bonchev–Trinajstić information content (AvgIpc) is 2.69. The largest absolute Gasteiger partial charge is 0.461 e. The third-order valence-corrected chi connectivity index (χ3v) is 4.30. The summed E-state index contributed by atoms with van der Waals surface area (Å²) in [4.78, 5) is 0. The molecule has 1 heterocycles. The van der Waals surface area contributed by atoms with Crippen LogP contribution in [0, 0.1) is 5.92 Å². The van der Waals surface area contributed by atoms with E-state index in [0.29, 0.717) is 17.9 Å². The van der Waals surface area contributed by atoms with Crippen LogP contribution in [0.5, 0.6) is 0 Å². The first-order valence-electron chi connectivity index (χ1n) is 7.06. The first kappa shape index (κ1) is 13.0. The van der Waals surface area contributed by atoms with E-state index in [-0.39, 0.29) is 0 Å². The number of fused-ring (bicyclic) bond motifs is 1. The first-order chi connectivity index (χ1) is 9.13. The van der Waals surface area contributed by atoms with Crippen LogP contribution in [0.15, 0.2) is 28.7 Å². The first-order valence-corrected chi connectivity index (χ1v) is 7.43. The Morgan fingerprint density at radius 3 is 2.84 bits per heavy atom. The number of furan rings is 1. The maximum Gasteiger partial charge on any atom is 0.134 e. The molecule has 0 aliphatic heterocycles. The molecule has 1 aliphatic rings. The molecule has 0 radical (unpaired) electrons. The lowest BCUT2D eigenvalue weighted by Crippen LogP contribution is -2.36. The highest BCUT2D eigenvalue weighted by Gasteiger charge is 2.34. The lowest BCUT2D eigenvalue weighted by Gasteiger charge is -2.35. The summed E-state index contributed by atoms with van der Waals surface area (Å²) in [5.41, 5.74) is 0.946. The number of halogens is 1. The van der Waals surface area contributed by atoms with Gasteiger partial charge in [0, 0.05) is 22.4 Å². The van der Waals surface area contributed by atoms with Gasteiger partial charge in [0.1, 0.15) is 11.3 Å². The maximum absolute atomic E-state index is 6.02. The van der Waals surface area contributed by atoms with E-state index in [2.05, 4.69) is 25.2 Å². The Labute approximate surface area is 119 Å². The number of benzene rings is 1. The van der Waals surface area contributed by atoms with Crippen LogP contribution in [0.2, 0.25) is 5.02 Å². The maximum atomic E-state index is 6.02. The van der Waals surface area contributed by atoms with Gasteiger partial charge in [0.05, 0.1) is 0 Å². The third-order valence-electron chi connectivity index (χ3n) is 4.07. The predicted octanol–water partition coefficient (Wildman–Crippen LogP) is 4.58. The summed E-state index contributed by atoms with van der Waals surface area (Å²) in [6.07, 6.45) is 2.53. The third kappa shape index (κ3) is 2.65. The van der Waals surface area contributed by atoms with Crippen molar-refractivity contribution in [1.82, 2.24) is 5.32 Å². The van der Waals surface area contributed by atoms with Gasteiger partial charge < -0.3 is 9.73 Å². The molecule has 3 rings (SSSR count). The van der Waals surface area contributed by atoms with Crippen molar-refractivity contribution in [2.75, 3.05) is 6.54 Å². The lowest BCUT2D eigenvalue weighted by atomic mass is 9.72. The molecule has 1 aromatic carbocycles. The van der Waals surface area contributed by atoms with Crippen LogP contribution in [0.3, 0.4) is 0 Å². The Balaban J connectivity index is 1.76. The molecule has 0 amide bonds. The fourth-order valence-electron chi connectivity index (χ4n) is 2.79. The van der Waals surface area contributed by atoms with Gasteiger partial charge in [0.2, 0.25) is 0 Å². The second-order valence-corrected chi connectivity index (χ2v) is 6.27. The molecule has 102 valence electrons. The SMILES string of the molecule is CC(C)NCC1CCC1c1cc2cc(Cl)ccc2o1. The molecule has 1 N–H and O–H groups in total. The zero-order valence-electron chi connectivity index (χ0n) is 11.4. The van der Waals surface area contributed by atoms with Crippen molar-refractivity contribution in [2.24, 2.45) is 5.92 Å². The van der Waals surface area contributed by atoms with Crippen molar-refractivity contribution >= 4 is 22.6 Å². The summed E-state index contributed by atoms with van der Waals surface area (Å²) in [6.45, 7) is 5.47. The molecule has 2 nitrogen and oxygen atoms in total. The highest BCUT2D eigenvalue weighted by atomic mass is 35.5. The molecule has 0 saturated heterocycles. The lowest BCUT2D eigenvalue weighted by molar-refractivity contribution is 0.215. The van der Waals surface area contributed by atoms with Crippen molar-refractivity contribution in [1.29, 1.82) is 0 Å². The molecule has 2 unspecified atom stereocenters. The second-order valence-electron chi connectivity index (χ2n) is 5.84. The van der Waals surface area contributed by atoms with E-state index in [9.17, 15) is 0 Å². The topological polar surface area (TPSA) is 25.2 Å². The minimum Gasteiger partial charge on any atom is -0.461 e. The van der Waals surface area contributed by atoms with Crippen LogP contribution in [0.4, 0.5) is 0 Å². The van der Waals surface area contributed by atoms with Crippen LogP contribution in [-0.2, 0) is 0 Å². The monoisotopic (exact) mass is 277 g/mol. The standard InChI is InChI=1S/C16H20ClNO/c1-10(2)18-9-11-3-5-14(11)16-8-12-7-13(17)4-6-15(12)19-16/h4,6-8,10-11,14,18H,3,5,9H2,1-2H3. The molecule has 1 fully saturated rings. The van der Waals surface area contributed by atoms with Crippen molar-refractivity contribution in [2.45, 2.75) is 38.6 Å². The Bertz CT molecular complexity index is 575. The van der Waals surface area contributed by atoms with Gasteiger partial charge in [0.25, 0.3) is 0 Å². The highest BCUT2D eigenvalue weighted by Crippen LogP contribution is 2.44. The molecule has 0 spiro atoms. The molecule has 1 aliphatic carbocycles. The Morgan fingerprint density at radius 2 is 2.16 bits per heavy atom. The van der Waals surface area contributed by atoms with E-state index in [0.717, 1.165) is 28.3 Å². The van der Waals surface area contributed by atoms with Gasteiger partial charge in [-0.1, -0.05) is 25.4 Å². The van der Waals surface area contributed by atoms with E-state index in [1.165, 1.54) is 12.8 Å². The second kappa shape index (κ2) is 5.18. The van der Waals surface area contributed by atoms with Crippen LogP contribution in [0.25, 0.3) is 11.0 Å². The number of rotatable bonds is 4. The van der Waals surface area contributed by atoms with Gasteiger partial charge in [-0.05, 0) is 49.6 Å². The van der Waals surface area contributed by atoms with Crippen molar-refractivity contribution in [3.05, 3.63) is 35.0 Å². The molecule has 0 bridgehead atoms. The molecule has 19 heavy (non-hydrogen) atoms. The number of nitrogens with one attached hydrogen (secondary N) is 1. The normalized spacial score (nSPS) is 22.9. The summed E-state index contributed by atoms with van der Waals surface area (Å²) in [5, 5.41) is 5.41. The number of hydrogen-bond donors (Lipinski definition) is 1. The molecule has 1 saturated carbocycles. The summed E-state index contributed by atoms with van der Waals surface area (Å²) in [7, 11) is 0. The van der Waals surface area contributed by atoms with Crippen LogP contribution in [0.1, 0.15) is 38.4 Å². The van der Waals surface area contributed by atoms with E-state index < -0.39 is 0 Å². The molecule has 2 aromatic rings. The van der Waals surface area contributed by atoms with Crippen molar-refractivity contribution in [3.63, 3.8) is 0 Å². The average molecular weight is 278 g/mol. The minimum atomic E-state index is 0.552. The fourth-order valence-corrected chi connectivity index (χ4v) is 2.97. The van der Waals surface area contributed by atoms with Crippen molar-refractivity contribution < 1.29 is 4.42 Å². The van der Waals surface area contributed by atoms with Gasteiger partial charge in [0.15, 0.2) is 0 Å². The van der Waals surface area contributed by atoms with Crippen molar-refractivity contribution in [3.8, 4) is 0 Å². The quantitative estimate of drug-likeness (QED) is 0.885. The minimum absolute atomic E-state index is 0.552.